The predicted octanol–water partition coefficient (Wildman–Crippen LogP) is 2.41. The lowest BCUT2D eigenvalue weighted by molar-refractivity contribution is -0.142. The molecule has 114 valence electrons. The lowest BCUT2D eigenvalue weighted by atomic mass is 9.89. The number of amides is 2. The Morgan fingerprint density at radius 3 is 2.40 bits per heavy atom. The molecular formula is C15H26N2O3. The van der Waals surface area contributed by atoms with Crippen LogP contribution in [-0.2, 0) is 4.79 Å². The normalized spacial score (nSPS) is 31.8. The van der Waals surface area contributed by atoms with Gasteiger partial charge in [0.1, 0.15) is 6.04 Å². The van der Waals surface area contributed by atoms with Crippen molar-refractivity contribution in [1.29, 1.82) is 0 Å². The number of hydrogen-bond acceptors (Lipinski definition) is 2. The van der Waals surface area contributed by atoms with E-state index in [2.05, 4.69) is 13.8 Å². The Kier molecular flexibility index (Phi) is 4.89. The second kappa shape index (κ2) is 6.46. The SMILES string of the molecule is CC1CCN(C(=O)N2CCCCCC2C(=O)O)CC1C. The van der Waals surface area contributed by atoms with Crippen LogP contribution in [0.15, 0.2) is 0 Å². The highest BCUT2D eigenvalue weighted by molar-refractivity contribution is 5.82. The summed E-state index contributed by atoms with van der Waals surface area (Å²) < 4.78 is 0. The van der Waals surface area contributed by atoms with Gasteiger partial charge in [0.05, 0.1) is 0 Å². The number of carboxylic acids is 1. The van der Waals surface area contributed by atoms with Crippen LogP contribution in [0.25, 0.3) is 0 Å². The first-order valence-corrected chi connectivity index (χ1v) is 7.79. The lowest BCUT2D eigenvalue weighted by Crippen LogP contribution is -2.53. The van der Waals surface area contributed by atoms with E-state index in [0.717, 1.165) is 38.8 Å². The molecule has 0 aliphatic carbocycles. The molecule has 0 aromatic carbocycles. The van der Waals surface area contributed by atoms with Crippen LogP contribution in [0.5, 0.6) is 0 Å². The van der Waals surface area contributed by atoms with Crippen LogP contribution in [0.2, 0.25) is 0 Å². The molecule has 5 nitrogen and oxygen atoms in total. The number of likely N-dealkylation sites (tertiary alicyclic amines) is 2. The van der Waals surface area contributed by atoms with Gasteiger partial charge in [0.2, 0.25) is 0 Å². The number of piperidine rings is 1. The van der Waals surface area contributed by atoms with Crippen LogP contribution in [-0.4, -0.2) is 52.6 Å². The zero-order valence-electron chi connectivity index (χ0n) is 12.5. The highest BCUT2D eigenvalue weighted by Crippen LogP contribution is 2.25. The van der Waals surface area contributed by atoms with E-state index < -0.39 is 12.0 Å². The summed E-state index contributed by atoms with van der Waals surface area (Å²) in [5, 5.41) is 9.36. The van der Waals surface area contributed by atoms with Gasteiger partial charge in [0.15, 0.2) is 0 Å². The van der Waals surface area contributed by atoms with Gasteiger partial charge in [-0.1, -0.05) is 26.7 Å². The lowest BCUT2D eigenvalue weighted by Gasteiger charge is -2.39. The van der Waals surface area contributed by atoms with Crippen molar-refractivity contribution in [3.63, 3.8) is 0 Å². The molecule has 2 saturated heterocycles. The zero-order chi connectivity index (χ0) is 14.7. The van der Waals surface area contributed by atoms with Gasteiger partial charge in [-0.05, 0) is 31.1 Å². The molecule has 1 N–H and O–H groups in total. The zero-order valence-corrected chi connectivity index (χ0v) is 12.5. The van der Waals surface area contributed by atoms with Gasteiger partial charge in [-0.2, -0.15) is 0 Å². The average Bonchev–Trinajstić information content (AvgIpc) is 2.66. The number of aliphatic carboxylic acids is 1. The third-order valence-corrected chi connectivity index (χ3v) is 4.89. The highest BCUT2D eigenvalue weighted by Gasteiger charge is 2.35. The number of carbonyl (C=O) groups excluding carboxylic acids is 1. The number of nitrogens with zero attached hydrogens (tertiary/aromatic N) is 2. The Bertz CT molecular complexity index is 372. The Labute approximate surface area is 120 Å². The Balaban J connectivity index is 2.07. The van der Waals surface area contributed by atoms with E-state index in [-0.39, 0.29) is 6.03 Å². The molecule has 0 saturated carbocycles. The van der Waals surface area contributed by atoms with E-state index in [9.17, 15) is 14.7 Å². The molecule has 5 heteroatoms. The highest BCUT2D eigenvalue weighted by atomic mass is 16.4. The van der Waals surface area contributed by atoms with Gasteiger partial charge in [-0.15, -0.1) is 0 Å². The second-order valence-electron chi connectivity index (χ2n) is 6.37. The maximum absolute atomic E-state index is 12.7. The Morgan fingerprint density at radius 1 is 1.00 bits per heavy atom. The molecule has 2 heterocycles. The van der Waals surface area contributed by atoms with Crippen LogP contribution in [0.3, 0.4) is 0 Å². The van der Waals surface area contributed by atoms with E-state index in [1.807, 2.05) is 4.90 Å². The third-order valence-electron chi connectivity index (χ3n) is 4.89. The molecule has 2 amide bonds. The molecule has 2 aliphatic rings. The van der Waals surface area contributed by atoms with E-state index in [1.54, 1.807) is 4.90 Å². The molecular weight excluding hydrogens is 256 g/mol. The van der Waals surface area contributed by atoms with E-state index in [1.165, 1.54) is 0 Å². The number of urea groups is 1. The molecule has 2 rings (SSSR count). The Morgan fingerprint density at radius 2 is 1.75 bits per heavy atom. The van der Waals surface area contributed by atoms with Crippen LogP contribution in [0.4, 0.5) is 4.79 Å². The summed E-state index contributed by atoms with van der Waals surface area (Å²) in [6.07, 6.45) is 4.42. The van der Waals surface area contributed by atoms with E-state index >= 15 is 0 Å². The number of rotatable bonds is 1. The number of carboxylic acid groups (broad SMARTS) is 1. The minimum Gasteiger partial charge on any atom is -0.480 e. The van der Waals surface area contributed by atoms with Crippen molar-refractivity contribution in [2.45, 2.75) is 52.0 Å². The topological polar surface area (TPSA) is 60.9 Å². The maximum atomic E-state index is 12.7. The summed E-state index contributed by atoms with van der Waals surface area (Å²) in [6.45, 7) is 6.48. The van der Waals surface area contributed by atoms with Gasteiger partial charge in [-0.3, -0.25) is 0 Å². The molecule has 0 radical (unpaired) electrons. The van der Waals surface area contributed by atoms with E-state index in [0.29, 0.717) is 24.8 Å². The van der Waals surface area contributed by atoms with Crippen molar-refractivity contribution >= 4 is 12.0 Å². The molecule has 0 bridgehead atoms. The van der Waals surface area contributed by atoms with Gasteiger partial charge in [0.25, 0.3) is 0 Å². The molecule has 0 aromatic rings. The van der Waals surface area contributed by atoms with Crippen molar-refractivity contribution in [2.75, 3.05) is 19.6 Å². The fourth-order valence-corrected chi connectivity index (χ4v) is 3.21. The van der Waals surface area contributed by atoms with Gasteiger partial charge < -0.3 is 14.9 Å². The molecule has 2 fully saturated rings. The second-order valence-corrected chi connectivity index (χ2v) is 6.37. The standard InChI is InChI=1S/C15H26N2O3/c1-11-7-9-16(10-12(11)2)15(20)17-8-5-3-4-6-13(17)14(18)19/h11-13H,3-10H2,1-2H3,(H,18,19). The van der Waals surface area contributed by atoms with Crippen LogP contribution in [0, 0.1) is 11.8 Å². The summed E-state index contributed by atoms with van der Waals surface area (Å²) in [5.41, 5.74) is 0. The van der Waals surface area contributed by atoms with Crippen molar-refractivity contribution in [1.82, 2.24) is 9.80 Å². The number of hydrogen-bond donors (Lipinski definition) is 1. The van der Waals surface area contributed by atoms with Crippen LogP contribution in [0.1, 0.15) is 46.0 Å². The summed E-state index contributed by atoms with van der Waals surface area (Å²) in [6, 6.07) is -0.710. The van der Waals surface area contributed by atoms with Crippen molar-refractivity contribution in [2.24, 2.45) is 11.8 Å². The third kappa shape index (κ3) is 3.25. The first kappa shape index (κ1) is 15.1. The largest absolute Gasteiger partial charge is 0.480 e. The monoisotopic (exact) mass is 282 g/mol. The van der Waals surface area contributed by atoms with Gasteiger partial charge >= 0.3 is 12.0 Å². The molecule has 20 heavy (non-hydrogen) atoms. The smallest absolute Gasteiger partial charge is 0.326 e. The first-order valence-electron chi connectivity index (χ1n) is 7.79. The molecule has 2 aliphatic heterocycles. The van der Waals surface area contributed by atoms with Crippen LogP contribution >= 0.6 is 0 Å². The van der Waals surface area contributed by atoms with E-state index in [4.69, 9.17) is 0 Å². The van der Waals surface area contributed by atoms with Gasteiger partial charge in [0, 0.05) is 19.6 Å². The van der Waals surface area contributed by atoms with Crippen molar-refractivity contribution in [3.8, 4) is 0 Å². The molecule has 3 atom stereocenters. The summed E-state index contributed by atoms with van der Waals surface area (Å²) in [7, 11) is 0. The predicted molar refractivity (Wildman–Crippen MR) is 76.5 cm³/mol. The molecule has 0 spiro atoms. The average molecular weight is 282 g/mol. The molecule has 0 aromatic heterocycles. The van der Waals surface area contributed by atoms with Crippen molar-refractivity contribution < 1.29 is 14.7 Å². The fraction of sp³-hybridized carbons (Fsp3) is 0.867. The molecule has 3 unspecified atom stereocenters. The first-order chi connectivity index (χ1) is 9.50. The summed E-state index contributed by atoms with van der Waals surface area (Å²) in [4.78, 5) is 27.5. The minimum absolute atomic E-state index is 0.0712. The maximum Gasteiger partial charge on any atom is 0.326 e. The Hall–Kier alpha value is -1.26. The fourth-order valence-electron chi connectivity index (χ4n) is 3.21. The van der Waals surface area contributed by atoms with Crippen molar-refractivity contribution in [3.05, 3.63) is 0 Å². The van der Waals surface area contributed by atoms with Gasteiger partial charge in [-0.25, -0.2) is 9.59 Å². The van der Waals surface area contributed by atoms with Crippen LogP contribution < -0.4 is 0 Å². The summed E-state index contributed by atoms with van der Waals surface area (Å²) >= 11 is 0. The number of carbonyl (C=O) groups is 2. The quantitative estimate of drug-likeness (QED) is 0.803. The minimum atomic E-state index is -0.862. The summed E-state index contributed by atoms with van der Waals surface area (Å²) in [5.74, 6) is 0.264.